The summed E-state index contributed by atoms with van der Waals surface area (Å²) in [5.74, 6) is 0.342. The Morgan fingerprint density at radius 3 is 2.67 bits per heavy atom. The van der Waals surface area contributed by atoms with Crippen molar-refractivity contribution < 1.29 is 19.1 Å². The van der Waals surface area contributed by atoms with E-state index in [-0.39, 0.29) is 50.5 Å². The highest BCUT2D eigenvalue weighted by atomic mass is 79.9. The molecule has 0 saturated heterocycles. The molecule has 4 nitrogen and oxygen atoms in total. The van der Waals surface area contributed by atoms with Gasteiger partial charge in [0.25, 0.3) is 0 Å². The molecule has 0 amide bonds. The van der Waals surface area contributed by atoms with Crippen LogP contribution in [0, 0.1) is 34.5 Å². The largest absolute Gasteiger partial charge is 0.458 e. The number of fused-ring (bicyclic) bond motifs is 5. The SMILES string of the molecule is CC(=O)OCC(=O)[C@H]1[C@H](C)C[C@H]2[C@@H]3CCC4=CC(=O)C=C[C@]4(C)[C@@]3(Br)[C@@H](Cl)C[C@@]21C. The fraction of sp³-hybridized carbons (Fsp3) is 0.708. The molecule has 30 heavy (non-hydrogen) atoms. The molecule has 0 aromatic carbocycles. The highest BCUT2D eigenvalue weighted by molar-refractivity contribution is 9.10. The summed E-state index contributed by atoms with van der Waals surface area (Å²) in [5.41, 5.74) is 0.614. The van der Waals surface area contributed by atoms with Crippen LogP contribution in [-0.2, 0) is 19.1 Å². The number of ether oxygens (including phenoxy) is 1. The maximum Gasteiger partial charge on any atom is 0.303 e. The van der Waals surface area contributed by atoms with Crippen molar-refractivity contribution in [1.82, 2.24) is 0 Å². The number of Topliss-reactive ketones (excluding diaryl/α,β-unsaturated/α-hetero) is 1. The summed E-state index contributed by atoms with van der Waals surface area (Å²) in [6, 6.07) is 0. The van der Waals surface area contributed by atoms with Crippen molar-refractivity contribution in [3.05, 3.63) is 23.8 Å². The second-order valence-electron chi connectivity index (χ2n) is 10.2. The first-order chi connectivity index (χ1) is 13.9. The van der Waals surface area contributed by atoms with Gasteiger partial charge in [-0.3, -0.25) is 14.4 Å². The van der Waals surface area contributed by atoms with Crippen molar-refractivity contribution in [1.29, 1.82) is 0 Å². The quantitative estimate of drug-likeness (QED) is 0.406. The average Bonchev–Trinajstić information content (AvgIpc) is 2.91. The summed E-state index contributed by atoms with van der Waals surface area (Å²) in [6.07, 6.45) is 9.02. The van der Waals surface area contributed by atoms with Crippen LogP contribution in [-0.4, -0.2) is 33.8 Å². The molecule has 0 aromatic rings. The Balaban J connectivity index is 1.71. The van der Waals surface area contributed by atoms with Crippen molar-refractivity contribution in [2.75, 3.05) is 6.61 Å². The molecule has 0 unspecified atom stereocenters. The minimum absolute atomic E-state index is 0.0133. The van der Waals surface area contributed by atoms with Crippen molar-refractivity contribution in [2.24, 2.45) is 34.5 Å². The number of ketones is 2. The molecule has 0 bridgehead atoms. The number of carbonyl (C=O) groups excluding carboxylic acids is 3. The Kier molecular flexibility index (Phi) is 5.42. The summed E-state index contributed by atoms with van der Waals surface area (Å²) >= 11 is 11.3. The molecule has 6 heteroatoms. The molecular formula is C24H30BrClO4. The molecule has 0 aliphatic heterocycles. The Labute approximate surface area is 191 Å². The zero-order valence-electron chi connectivity index (χ0n) is 18.0. The van der Waals surface area contributed by atoms with Gasteiger partial charge in [-0.15, -0.1) is 11.6 Å². The van der Waals surface area contributed by atoms with Crippen LogP contribution in [0.4, 0.5) is 0 Å². The van der Waals surface area contributed by atoms with Crippen LogP contribution in [0.5, 0.6) is 0 Å². The van der Waals surface area contributed by atoms with Gasteiger partial charge in [-0.25, -0.2) is 0 Å². The maximum absolute atomic E-state index is 13.1. The molecule has 0 radical (unpaired) electrons. The van der Waals surface area contributed by atoms with E-state index >= 15 is 0 Å². The summed E-state index contributed by atoms with van der Waals surface area (Å²) in [6.45, 7) is 7.74. The molecule has 4 rings (SSSR count). The Bertz CT molecular complexity index is 865. The van der Waals surface area contributed by atoms with E-state index < -0.39 is 5.97 Å². The first-order valence-corrected chi connectivity index (χ1v) is 12.1. The van der Waals surface area contributed by atoms with E-state index in [0.29, 0.717) is 18.3 Å². The van der Waals surface area contributed by atoms with Gasteiger partial charge in [-0.1, -0.05) is 48.4 Å². The normalized spacial score (nSPS) is 47.1. The molecule has 3 saturated carbocycles. The van der Waals surface area contributed by atoms with Gasteiger partial charge in [0.05, 0.1) is 9.70 Å². The molecule has 8 atom stereocenters. The second kappa shape index (κ2) is 7.30. The third-order valence-corrected chi connectivity index (χ3v) is 11.4. The molecule has 4 aliphatic rings. The lowest BCUT2D eigenvalue weighted by Crippen LogP contribution is -2.64. The third kappa shape index (κ3) is 2.94. The lowest BCUT2D eigenvalue weighted by atomic mass is 9.47. The highest BCUT2D eigenvalue weighted by Crippen LogP contribution is 2.72. The lowest BCUT2D eigenvalue weighted by molar-refractivity contribution is -0.149. The van der Waals surface area contributed by atoms with E-state index in [1.54, 1.807) is 12.2 Å². The number of hydrogen-bond acceptors (Lipinski definition) is 4. The molecule has 3 fully saturated rings. The van der Waals surface area contributed by atoms with E-state index in [4.69, 9.17) is 16.3 Å². The van der Waals surface area contributed by atoms with E-state index in [9.17, 15) is 14.4 Å². The Morgan fingerprint density at radius 2 is 2.00 bits per heavy atom. The monoisotopic (exact) mass is 496 g/mol. The zero-order valence-corrected chi connectivity index (χ0v) is 20.4. The van der Waals surface area contributed by atoms with Gasteiger partial charge in [0, 0.05) is 18.3 Å². The van der Waals surface area contributed by atoms with Gasteiger partial charge >= 0.3 is 5.97 Å². The van der Waals surface area contributed by atoms with Crippen LogP contribution >= 0.6 is 27.5 Å². The zero-order chi connectivity index (χ0) is 22.1. The van der Waals surface area contributed by atoms with Crippen LogP contribution in [0.1, 0.15) is 53.4 Å². The Hall–Kier alpha value is -0.940. The molecule has 0 spiro atoms. The number of hydrogen-bond donors (Lipinski definition) is 0. The van der Waals surface area contributed by atoms with E-state index in [1.165, 1.54) is 6.92 Å². The van der Waals surface area contributed by atoms with Gasteiger partial charge in [0.2, 0.25) is 0 Å². The van der Waals surface area contributed by atoms with Crippen molar-refractivity contribution in [3.63, 3.8) is 0 Å². The van der Waals surface area contributed by atoms with Crippen molar-refractivity contribution in [2.45, 2.75) is 63.1 Å². The van der Waals surface area contributed by atoms with Crippen molar-refractivity contribution >= 4 is 45.1 Å². The van der Waals surface area contributed by atoms with Crippen LogP contribution in [0.15, 0.2) is 23.8 Å². The van der Waals surface area contributed by atoms with Crippen LogP contribution in [0.3, 0.4) is 0 Å². The standard InChI is InChI=1S/C24H30BrClO4/c1-13-9-18-17-6-5-15-10-16(28)7-8-23(15,4)24(17,25)20(26)11-22(18,3)21(13)19(29)12-30-14(2)27/h7-8,10,13,17-18,20-21H,5-6,9,11-12H2,1-4H3/t13-,17+,18+,20+,21-,22+,23+,24+/m1/s1. The van der Waals surface area contributed by atoms with E-state index in [0.717, 1.165) is 24.8 Å². The summed E-state index contributed by atoms with van der Waals surface area (Å²) in [7, 11) is 0. The van der Waals surface area contributed by atoms with Crippen molar-refractivity contribution in [3.8, 4) is 0 Å². The van der Waals surface area contributed by atoms with Crippen LogP contribution in [0.2, 0.25) is 0 Å². The fourth-order valence-corrected chi connectivity index (χ4v) is 9.28. The second-order valence-corrected chi connectivity index (χ2v) is 12.1. The summed E-state index contributed by atoms with van der Waals surface area (Å²) in [5, 5.41) is -0.190. The Morgan fingerprint density at radius 1 is 1.30 bits per heavy atom. The molecule has 164 valence electrons. The predicted molar refractivity (Wildman–Crippen MR) is 119 cm³/mol. The first-order valence-electron chi connectivity index (χ1n) is 10.9. The lowest BCUT2D eigenvalue weighted by Gasteiger charge is -2.63. The number of rotatable bonds is 3. The maximum atomic E-state index is 13.1. The molecule has 0 aromatic heterocycles. The molecular weight excluding hydrogens is 468 g/mol. The number of esters is 1. The topological polar surface area (TPSA) is 60.4 Å². The average molecular weight is 498 g/mol. The number of alkyl halides is 2. The first kappa shape index (κ1) is 22.3. The molecule has 0 heterocycles. The highest BCUT2D eigenvalue weighted by Gasteiger charge is 2.69. The minimum Gasteiger partial charge on any atom is -0.458 e. The van der Waals surface area contributed by atoms with Gasteiger partial charge in [0.1, 0.15) is 6.61 Å². The van der Waals surface area contributed by atoms with Crippen LogP contribution in [0.25, 0.3) is 0 Å². The van der Waals surface area contributed by atoms with Gasteiger partial charge in [0.15, 0.2) is 11.6 Å². The molecule has 4 aliphatic carbocycles. The smallest absolute Gasteiger partial charge is 0.303 e. The van der Waals surface area contributed by atoms with E-state index in [1.807, 2.05) is 6.08 Å². The van der Waals surface area contributed by atoms with Gasteiger partial charge < -0.3 is 4.74 Å². The van der Waals surface area contributed by atoms with E-state index in [2.05, 4.69) is 36.7 Å². The van der Waals surface area contributed by atoms with Gasteiger partial charge in [-0.05, 0) is 61.0 Å². The van der Waals surface area contributed by atoms with Gasteiger partial charge in [-0.2, -0.15) is 0 Å². The number of allylic oxidation sites excluding steroid dienone is 4. The summed E-state index contributed by atoms with van der Waals surface area (Å²) < 4.78 is 4.70. The molecule has 0 N–H and O–H groups in total. The minimum atomic E-state index is -0.424. The fourth-order valence-electron chi connectivity index (χ4n) is 7.46. The third-order valence-electron chi connectivity index (χ3n) is 8.70. The van der Waals surface area contributed by atoms with Crippen LogP contribution < -0.4 is 0 Å². The number of carbonyl (C=O) groups is 3. The number of halogens is 2. The summed E-state index contributed by atoms with van der Waals surface area (Å²) in [4.78, 5) is 36.4. The predicted octanol–water partition coefficient (Wildman–Crippen LogP) is 5.02.